The molecule has 1 saturated heterocycles. The molecule has 0 spiro atoms. The number of nitrogens with two attached hydrogens (primary N) is 1. The number of amides is 2. The molecule has 4 N–H and O–H groups in total. The fourth-order valence-electron chi connectivity index (χ4n) is 3.77. The van der Waals surface area contributed by atoms with E-state index in [1.165, 1.54) is 12.8 Å². The lowest BCUT2D eigenvalue weighted by Gasteiger charge is -2.17. The van der Waals surface area contributed by atoms with Gasteiger partial charge in [0.15, 0.2) is 11.6 Å². The normalized spacial score (nSPS) is 13.4. The fourth-order valence-corrected chi connectivity index (χ4v) is 3.77. The van der Waals surface area contributed by atoms with E-state index < -0.39 is 5.91 Å². The molecule has 190 valence electrons. The number of hydrogen-bond donors (Lipinski definition) is 3. The van der Waals surface area contributed by atoms with Crippen LogP contribution in [0, 0.1) is 0 Å². The molecule has 0 radical (unpaired) electrons. The number of ether oxygens (including phenoxy) is 1. The summed E-state index contributed by atoms with van der Waals surface area (Å²) >= 11 is 0. The maximum absolute atomic E-state index is 12.2. The lowest BCUT2D eigenvalue weighted by atomic mass is 10.2. The van der Waals surface area contributed by atoms with Crippen LogP contribution in [-0.2, 0) is 4.79 Å². The Bertz CT molecular complexity index is 1290. The number of nitrogens with zero attached hydrogens (tertiary/aromatic N) is 4. The molecule has 4 rings (SSSR count). The highest BCUT2D eigenvalue weighted by molar-refractivity contribution is 5.99. The molecule has 3 aromatic rings. The molecule has 1 aliphatic rings. The second-order valence-corrected chi connectivity index (χ2v) is 8.49. The van der Waals surface area contributed by atoms with Crippen LogP contribution in [0.4, 0.5) is 23.0 Å². The first-order chi connectivity index (χ1) is 18.0. The van der Waals surface area contributed by atoms with Crippen molar-refractivity contribution in [3.8, 4) is 5.75 Å². The third-order valence-electron chi connectivity index (χ3n) is 5.60. The van der Waals surface area contributed by atoms with Crippen molar-refractivity contribution in [2.24, 2.45) is 10.2 Å². The topological polar surface area (TPSA) is 134 Å². The number of hydrogen-bond acceptors (Lipinski definition) is 8. The summed E-state index contributed by atoms with van der Waals surface area (Å²) < 4.78 is 5.94. The molecule has 0 unspecified atom stereocenters. The first-order valence-corrected chi connectivity index (χ1v) is 12.0. The van der Waals surface area contributed by atoms with Crippen molar-refractivity contribution < 1.29 is 14.3 Å². The molecular weight excluding hydrogens is 470 g/mol. The Hall–Kier alpha value is -4.57. The van der Waals surface area contributed by atoms with Crippen molar-refractivity contribution in [2.75, 3.05) is 37.2 Å². The minimum absolute atomic E-state index is 0.0895. The molecule has 1 fully saturated rings. The highest BCUT2D eigenvalue weighted by atomic mass is 16.5. The van der Waals surface area contributed by atoms with Gasteiger partial charge >= 0.3 is 0 Å². The average Bonchev–Trinajstić information content (AvgIpc) is 3.41. The number of carbonyl (C=O) groups is 2. The molecule has 10 nitrogen and oxygen atoms in total. The maximum Gasteiger partial charge on any atom is 0.251 e. The monoisotopic (exact) mass is 499 g/mol. The summed E-state index contributed by atoms with van der Waals surface area (Å²) in [5.74, 6) is 0.729. The van der Waals surface area contributed by atoms with Crippen molar-refractivity contribution in [3.63, 3.8) is 0 Å². The molecule has 2 heterocycles. The summed E-state index contributed by atoms with van der Waals surface area (Å²) in [7, 11) is 0. The van der Waals surface area contributed by atoms with E-state index in [9.17, 15) is 9.59 Å². The number of azo groups is 1. The van der Waals surface area contributed by atoms with E-state index >= 15 is 0 Å². The van der Waals surface area contributed by atoms with Gasteiger partial charge in [-0.3, -0.25) is 14.5 Å². The van der Waals surface area contributed by atoms with Crippen molar-refractivity contribution >= 4 is 34.8 Å². The van der Waals surface area contributed by atoms with Gasteiger partial charge in [-0.2, -0.15) is 0 Å². The number of nitrogen functional groups attached to an aromatic ring is 1. The van der Waals surface area contributed by atoms with Crippen LogP contribution in [0.5, 0.6) is 5.75 Å². The highest BCUT2D eigenvalue weighted by Crippen LogP contribution is 2.31. The second kappa shape index (κ2) is 12.4. The van der Waals surface area contributed by atoms with Crippen LogP contribution in [-0.4, -0.2) is 47.9 Å². The molecule has 0 aliphatic carbocycles. The second-order valence-electron chi connectivity index (χ2n) is 8.49. The Morgan fingerprint density at radius 2 is 1.68 bits per heavy atom. The third-order valence-corrected chi connectivity index (χ3v) is 5.60. The number of aromatic nitrogens is 1. The number of pyridine rings is 1. The number of benzene rings is 2. The molecule has 0 bridgehead atoms. The number of rotatable bonds is 10. The van der Waals surface area contributed by atoms with E-state index in [0.717, 1.165) is 13.1 Å². The fraction of sp³-hybridized carbons (Fsp3) is 0.222. The predicted molar refractivity (Wildman–Crippen MR) is 142 cm³/mol. The summed E-state index contributed by atoms with van der Waals surface area (Å²) in [6.07, 6.45) is 2.39. The van der Waals surface area contributed by atoms with Gasteiger partial charge in [-0.05, 0) is 62.3 Å². The number of nitrogens with one attached hydrogen (secondary N) is 2. The molecule has 1 aliphatic heterocycles. The quantitative estimate of drug-likeness (QED) is 0.279. The summed E-state index contributed by atoms with van der Waals surface area (Å²) in [5, 5.41) is 13.6. The number of carbonyl (C=O) groups excluding carboxylic acids is 2. The van der Waals surface area contributed by atoms with Gasteiger partial charge in [0.25, 0.3) is 5.91 Å². The molecule has 2 aromatic carbocycles. The summed E-state index contributed by atoms with van der Waals surface area (Å²) in [6, 6.07) is 19.1. The van der Waals surface area contributed by atoms with Gasteiger partial charge in [0, 0.05) is 5.56 Å². The summed E-state index contributed by atoms with van der Waals surface area (Å²) in [5.41, 5.74) is 7.36. The lowest BCUT2D eigenvalue weighted by molar-refractivity contribution is -0.115. The lowest BCUT2D eigenvalue weighted by Crippen LogP contribution is -2.33. The average molecular weight is 500 g/mol. The molecule has 0 atom stereocenters. The molecule has 0 saturated carbocycles. The molecular formula is C27H29N7O3. The van der Waals surface area contributed by atoms with Crippen molar-refractivity contribution in [3.05, 3.63) is 84.6 Å². The maximum atomic E-state index is 12.2. The zero-order valence-electron chi connectivity index (χ0n) is 20.4. The van der Waals surface area contributed by atoms with E-state index in [2.05, 4.69) is 37.3 Å². The van der Waals surface area contributed by atoms with Crippen LogP contribution in [0.25, 0.3) is 0 Å². The van der Waals surface area contributed by atoms with Gasteiger partial charge in [-0.1, -0.05) is 36.9 Å². The molecule has 10 heteroatoms. The van der Waals surface area contributed by atoms with Crippen LogP contribution in [0.3, 0.4) is 0 Å². The molecule has 1 aromatic heterocycles. The van der Waals surface area contributed by atoms with Crippen LogP contribution < -0.4 is 21.1 Å². The van der Waals surface area contributed by atoms with Crippen molar-refractivity contribution in [1.82, 2.24) is 15.2 Å². The zero-order valence-corrected chi connectivity index (χ0v) is 20.4. The number of likely N-dealkylation sites (tertiary alicyclic amines) is 1. The van der Waals surface area contributed by atoms with Gasteiger partial charge in [0.1, 0.15) is 23.0 Å². The largest absolute Gasteiger partial charge is 0.459 e. The molecule has 37 heavy (non-hydrogen) atoms. The Balaban J connectivity index is 1.33. The van der Waals surface area contributed by atoms with Gasteiger partial charge in [-0.25, -0.2) is 4.98 Å². The SMILES string of the molecule is C=C(CN1CCCC1)Oc1ccccc1N=Nc1ccc(NC(=O)CNC(=O)c2ccccc2)nc1N. The van der Waals surface area contributed by atoms with Gasteiger partial charge < -0.3 is 21.1 Å². The standard InChI is InChI=1S/C27H29N7O3/c1-19(18-34-15-7-8-16-34)37-23-12-6-5-11-21(23)32-33-22-13-14-24(31-26(22)28)30-25(35)17-29-27(36)20-9-3-2-4-10-20/h2-6,9-14H,1,7-8,15-18H2,(H,29,36)(H3,28,30,31,35). The summed E-state index contributed by atoms with van der Waals surface area (Å²) in [6.45, 7) is 6.60. The van der Waals surface area contributed by atoms with Gasteiger partial charge in [0.05, 0.1) is 13.1 Å². The van der Waals surface area contributed by atoms with E-state index in [1.807, 2.05) is 18.2 Å². The van der Waals surface area contributed by atoms with Crippen LogP contribution in [0.1, 0.15) is 23.2 Å². The number of anilines is 2. The first kappa shape index (κ1) is 25.5. The number of para-hydroxylation sites is 1. The van der Waals surface area contributed by atoms with Crippen molar-refractivity contribution in [1.29, 1.82) is 0 Å². The van der Waals surface area contributed by atoms with E-state index in [4.69, 9.17) is 10.5 Å². The Kier molecular flexibility index (Phi) is 8.56. The van der Waals surface area contributed by atoms with Gasteiger partial charge in [0.2, 0.25) is 5.91 Å². The predicted octanol–water partition coefficient (Wildman–Crippen LogP) is 4.44. The zero-order chi connectivity index (χ0) is 26.0. The van der Waals surface area contributed by atoms with E-state index in [0.29, 0.717) is 35.0 Å². The van der Waals surface area contributed by atoms with Crippen LogP contribution in [0.2, 0.25) is 0 Å². The van der Waals surface area contributed by atoms with E-state index in [1.54, 1.807) is 48.5 Å². The Morgan fingerprint density at radius 1 is 0.973 bits per heavy atom. The smallest absolute Gasteiger partial charge is 0.251 e. The van der Waals surface area contributed by atoms with Crippen LogP contribution in [0.15, 0.2) is 89.3 Å². The van der Waals surface area contributed by atoms with Crippen LogP contribution >= 0.6 is 0 Å². The molecule has 2 amide bonds. The van der Waals surface area contributed by atoms with Crippen molar-refractivity contribution in [2.45, 2.75) is 12.8 Å². The Morgan fingerprint density at radius 3 is 2.43 bits per heavy atom. The van der Waals surface area contributed by atoms with E-state index in [-0.39, 0.29) is 24.1 Å². The first-order valence-electron chi connectivity index (χ1n) is 12.0. The highest BCUT2D eigenvalue weighted by Gasteiger charge is 2.14. The third kappa shape index (κ3) is 7.45. The minimum Gasteiger partial charge on any atom is -0.459 e. The minimum atomic E-state index is -0.439. The summed E-state index contributed by atoms with van der Waals surface area (Å²) in [4.78, 5) is 30.8. The van der Waals surface area contributed by atoms with Gasteiger partial charge in [-0.15, -0.1) is 10.2 Å². The Labute approximate surface area is 215 Å².